The van der Waals surface area contributed by atoms with Crippen LogP contribution in [0.1, 0.15) is 0 Å². The molecule has 266 valence electrons. The van der Waals surface area contributed by atoms with Gasteiger partial charge in [-0.05, 0) is 0 Å². The van der Waals surface area contributed by atoms with Crippen LogP contribution in [0, 0.1) is 0 Å². The predicted octanol–water partition coefficient (Wildman–Crippen LogP) is 9.09. The number of fused-ring (bicyclic) bond motifs is 9. The summed E-state index contributed by atoms with van der Waals surface area (Å²) in [5, 5.41) is 4.64. The van der Waals surface area contributed by atoms with Crippen LogP contribution in [0.25, 0.3) is 78.0 Å². The third kappa shape index (κ3) is 4.60. The Morgan fingerprint density at radius 2 is 0.737 bits per heavy atom. The SMILES string of the molecule is c1cc[c]([Ge]2([c]3cccc(-c4nc(-n5c6ccccc6c6ccccc65)nc(-n5c6ccccc6c6ccccc65)n4)c3)[c]3ccccc3-c3cccc[c]32)cc1. The molecular formula is C51H33GeN5. The van der Waals surface area contributed by atoms with Gasteiger partial charge in [-0.3, -0.25) is 0 Å². The van der Waals surface area contributed by atoms with E-state index in [1.807, 2.05) is 0 Å². The zero-order valence-corrected chi connectivity index (χ0v) is 32.9. The van der Waals surface area contributed by atoms with Crippen molar-refractivity contribution in [2.45, 2.75) is 0 Å². The first-order valence-electron chi connectivity index (χ1n) is 19.4. The Bertz CT molecular complexity index is 3100. The normalized spacial score (nSPS) is 13.1. The Morgan fingerprint density at radius 1 is 0.333 bits per heavy atom. The molecule has 0 spiro atoms. The molecule has 4 heterocycles. The number of benzene rings is 8. The van der Waals surface area contributed by atoms with Crippen LogP contribution in [0.15, 0.2) is 200 Å². The zero-order valence-electron chi connectivity index (χ0n) is 30.8. The Labute approximate surface area is 331 Å². The summed E-state index contributed by atoms with van der Waals surface area (Å²) in [6.45, 7) is 0. The Kier molecular flexibility index (Phi) is 7.04. The first-order chi connectivity index (χ1) is 28.3. The van der Waals surface area contributed by atoms with Crippen LogP contribution < -0.4 is 17.6 Å². The second-order valence-corrected chi connectivity index (χ2v) is 22.6. The van der Waals surface area contributed by atoms with Gasteiger partial charge in [0, 0.05) is 0 Å². The summed E-state index contributed by atoms with van der Waals surface area (Å²) in [7, 11) is 0. The molecule has 0 radical (unpaired) electrons. The van der Waals surface area contributed by atoms with E-state index in [1.54, 1.807) is 0 Å². The molecule has 1 aliphatic heterocycles. The van der Waals surface area contributed by atoms with Gasteiger partial charge in [0.1, 0.15) is 0 Å². The summed E-state index contributed by atoms with van der Waals surface area (Å²) in [6.07, 6.45) is 0. The van der Waals surface area contributed by atoms with Crippen LogP contribution in [-0.2, 0) is 0 Å². The maximum atomic E-state index is 5.42. The molecule has 0 aliphatic carbocycles. The van der Waals surface area contributed by atoms with Crippen LogP contribution in [0.5, 0.6) is 0 Å². The Balaban J connectivity index is 1.16. The van der Waals surface area contributed by atoms with E-state index in [1.165, 1.54) is 28.7 Å². The van der Waals surface area contributed by atoms with E-state index in [0.29, 0.717) is 17.7 Å². The minimum absolute atomic E-state index is 0.579. The Hall–Kier alpha value is -7.09. The van der Waals surface area contributed by atoms with Gasteiger partial charge >= 0.3 is 333 Å². The standard InChI is InChI=1S/C51H33GeN5/c1-2-18-35(19-3-1)52(43-27-10-4-21-37(43)38-22-5-11-28-44(38)52)36-20-16-17-34(33-36)49-53-50(56-45-29-12-6-23-39(45)40-24-7-13-30-46(40)56)55-51(54-49)57-47-31-14-8-25-41(47)42-26-9-15-32-48(42)57/h1-33H. The molecule has 0 bridgehead atoms. The van der Waals surface area contributed by atoms with Gasteiger partial charge in [0.2, 0.25) is 0 Å². The molecule has 5 nitrogen and oxygen atoms in total. The van der Waals surface area contributed by atoms with Gasteiger partial charge in [-0.2, -0.15) is 0 Å². The van der Waals surface area contributed by atoms with Gasteiger partial charge in [-0.1, -0.05) is 0 Å². The molecule has 0 unspecified atom stereocenters. The van der Waals surface area contributed by atoms with E-state index in [-0.39, 0.29) is 0 Å². The zero-order chi connectivity index (χ0) is 37.5. The van der Waals surface area contributed by atoms with Gasteiger partial charge < -0.3 is 0 Å². The van der Waals surface area contributed by atoms with Crippen molar-refractivity contribution in [3.05, 3.63) is 200 Å². The van der Waals surface area contributed by atoms with Crippen molar-refractivity contribution in [3.63, 3.8) is 0 Å². The van der Waals surface area contributed by atoms with Gasteiger partial charge in [0.05, 0.1) is 0 Å². The molecule has 0 saturated carbocycles. The van der Waals surface area contributed by atoms with Crippen molar-refractivity contribution in [2.24, 2.45) is 0 Å². The Morgan fingerprint density at radius 3 is 1.23 bits per heavy atom. The van der Waals surface area contributed by atoms with Gasteiger partial charge in [-0.25, -0.2) is 0 Å². The maximum absolute atomic E-state index is 5.42. The number of aromatic nitrogens is 5. The molecule has 0 amide bonds. The van der Waals surface area contributed by atoms with Crippen LogP contribution in [0.4, 0.5) is 0 Å². The number of rotatable bonds is 5. The van der Waals surface area contributed by atoms with Gasteiger partial charge in [-0.15, -0.1) is 0 Å². The fraction of sp³-hybridized carbons (Fsp3) is 0. The molecule has 6 heteroatoms. The molecule has 3 aromatic heterocycles. The third-order valence-corrected chi connectivity index (χ3v) is 22.1. The van der Waals surface area contributed by atoms with Gasteiger partial charge in [0.25, 0.3) is 0 Å². The van der Waals surface area contributed by atoms with Crippen LogP contribution in [0.2, 0.25) is 0 Å². The number of para-hydroxylation sites is 4. The third-order valence-electron chi connectivity index (χ3n) is 11.9. The first kappa shape index (κ1) is 32.2. The predicted molar refractivity (Wildman–Crippen MR) is 237 cm³/mol. The summed E-state index contributed by atoms with van der Waals surface area (Å²) in [5.41, 5.74) is 7.84. The van der Waals surface area contributed by atoms with E-state index >= 15 is 0 Å². The topological polar surface area (TPSA) is 48.5 Å². The first-order valence-corrected chi connectivity index (χ1v) is 23.6. The summed E-state index contributed by atoms with van der Waals surface area (Å²) < 4.78 is 10.0. The number of hydrogen-bond acceptors (Lipinski definition) is 3. The average Bonchev–Trinajstić information content (AvgIpc) is 3.91. The summed E-state index contributed by atoms with van der Waals surface area (Å²) in [5.74, 6) is 1.79. The van der Waals surface area contributed by atoms with E-state index in [4.69, 9.17) is 15.0 Å². The monoisotopic (exact) mass is 789 g/mol. The fourth-order valence-corrected chi connectivity index (χ4v) is 20.5. The summed E-state index contributed by atoms with van der Waals surface area (Å²) in [4.78, 5) is 16.2. The van der Waals surface area contributed by atoms with E-state index < -0.39 is 13.3 Å². The molecule has 1 aliphatic rings. The molecule has 57 heavy (non-hydrogen) atoms. The van der Waals surface area contributed by atoms with Crippen molar-refractivity contribution in [3.8, 4) is 34.4 Å². The van der Waals surface area contributed by atoms with Crippen molar-refractivity contribution >= 4 is 74.5 Å². The number of nitrogens with zero attached hydrogens (tertiary/aromatic N) is 5. The van der Waals surface area contributed by atoms with Crippen LogP contribution in [-0.4, -0.2) is 37.4 Å². The molecule has 0 saturated heterocycles. The number of hydrogen-bond donors (Lipinski definition) is 0. The molecule has 0 N–H and O–H groups in total. The molecule has 8 aromatic carbocycles. The van der Waals surface area contributed by atoms with Crippen LogP contribution in [0.3, 0.4) is 0 Å². The molecular weight excluding hydrogens is 755 g/mol. The van der Waals surface area contributed by atoms with Crippen LogP contribution >= 0.6 is 0 Å². The minimum atomic E-state index is -3.52. The van der Waals surface area contributed by atoms with E-state index in [0.717, 1.165) is 49.2 Å². The van der Waals surface area contributed by atoms with Gasteiger partial charge in [0.15, 0.2) is 0 Å². The molecule has 11 aromatic rings. The summed E-state index contributed by atoms with van der Waals surface area (Å²) in [6, 6.07) is 72.5. The summed E-state index contributed by atoms with van der Waals surface area (Å²) >= 11 is -3.52. The molecule has 0 fully saturated rings. The van der Waals surface area contributed by atoms with E-state index in [2.05, 4.69) is 209 Å². The van der Waals surface area contributed by atoms with Crippen molar-refractivity contribution in [2.75, 3.05) is 0 Å². The fourth-order valence-electron chi connectivity index (χ4n) is 9.56. The quantitative estimate of drug-likeness (QED) is 0.164. The van der Waals surface area contributed by atoms with E-state index in [9.17, 15) is 0 Å². The van der Waals surface area contributed by atoms with Crippen molar-refractivity contribution in [1.29, 1.82) is 0 Å². The van der Waals surface area contributed by atoms with Crippen molar-refractivity contribution < 1.29 is 0 Å². The molecule has 12 rings (SSSR count). The second kappa shape index (κ2) is 12.5. The second-order valence-electron chi connectivity index (χ2n) is 14.8. The average molecular weight is 788 g/mol. The van der Waals surface area contributed by atoms with Crippen molar-refractivity contribution in [1.82, 2.24) is 24.1 Å². The molecule has 0 atom stereocenters.